The average molecular weight is 408 g/mol. The van der Waals surface area contributed by atoms with Crippen molar-refractivity contribution in [2.75, 3.05) is 13.1 Å². The Hall–Kier alpha value is -2.79. The molecule has 2 aliphatic heterocycles. The number of aromatic nitrogens is 1. The van der Waals surface area contributed by atoms with Crippen LogP contribution in [0.25, 0.3) is 6.08 Å². The lowest BCUT2D eigenvalue weighted by molar-refractivity contribution is -0.152. The first kappa shape index (κ1) is 20.0. The summed E-state index contributed by atoms with van der Waals surface area (Å²) in [6.07, 6.45) is 2.61. The number of pyridine rings is 1. The monoisotopic (exact) mass is 408 g/mol. The number of aliphatic carboxylic acids is 1. The minimum Gasteiger partial charge on any atom is -0.480 e. The zero-order valence-corrected chi connectivity index (χ0v) is 16.1. The van der Waals surface area contributed by atoms with Crippen molar-refractivity contribution < 1.29 is 27.9 Å². The standard InChI is InChI=1S/C17H20N4O6S/c1-17(2)12(16(24)25)21-14(23)11(15(21)28(17,26)27)7-10-4-3-9(8-20-10)13(22)19-6-5-18/h3-4,7-8,12,15H,5-6,18H2,1-2H3,(H,19,22)(H,24,25)/b11-7-/t12-,15+/m0/s1. The third-order valence-electron chi connectivity index (χ3n) is 4.98. The van der Waals surface area contributed by atoms with Crippen LogP contribution in [0.15, 0.2) is 23.9 Å². The highest BCUT2D eigenvalue weighted by Gasteiger charge is 2.70. The van der Waals surface area contributed by atoms with Gasteiger partial charge in [0.25, 0.3) is 11.8 Å². The minimum absolute atomic E-state index is 0.0374. The van der Waals surface area contributed by atoms with E-state index in [9.17, 15) is 27.9 Å². The van der Waals surface area contributed by atoms with Gasteiger partial charge < -0.3 is 21.1 Å². The number of carboxylic acid groups (broad SMARTS) is 1. The quantitative estimate of drug-likeness (QED) is 0.412. The molecule has 0 saturated carbocycles. The first-order valence-electron chi connectivity index (χ1n) is 8.49. The summed E-state index contributed by atoms with van der Waals surface area (Å²) in [4.78, 5) is 40.8. The number of amides is 2. The molecule has 2 amide bonds. The number of carbonyl (C=O) groups is 3. The van der Waals surface area contributed by atoms with Crippen LogP contribution in [0, 0.1) is 0 Å². The fourth-order valence-corrected chi connectivity index (χ4v) is 5.53. The summed E-state index contributed by atoms with van der Waals surface area (Å²) in [6, 6.07) is 1.51. The van der Waals surface area contributed by atoms with E-state index in [4.69, 9.17) is 5.73 Å². The van der Waals surface area contributed by atoms with Crippen molar-refractivity contribution in [2.24, 2.45) is 5.73 Å². The third-order valence-corrected chi connectivity index (χ3v) is 7.74. The van der Waals surface area contributed by atoms with Gasteiger partial charge in [0.15, 0.2) is 21.3 Å². The molecule has 1 aromatic heterocycles. The van der Waals surface area contributed by atoms with Gasteiger partial charge >= 0.3 is 5.97 Å². The lowest BCUT2D eigenvalue weighted by atomic mass is 9.95. The smallest absolute Gasteiger partial charge is 0.328 e. The van der Waals surface area contributed by atoms with Gasteiger partial charge in [-0.1, -0.05) is 0 Å². The molecule has 3 rings (SSSR count). The van der Waals surface area contributed by atoms with E-state index in [0.29, 0.717) is 13.1 Å². The van der Waals surface area contributed by atoms with E-state index in [1.54, 1.807) is 0 Å². The number of sulfone groups is 1. The summed E-state index contributed by atoms with van der Waals surface area (Å²) < 4.78 is 24.0. The van der Waals surface area contributed by atoms with Gasteiger partial charge in [-0.05, 0) is 32.1 Å². The number of fused-ring (bicyclic) bond motifs is 1. The Morgan fingerprint density at radius 1 is 1.39 bits per heavy atom. The number of carbonyl (C=O) groups excluding carboxylic acids is 2. The molecule has 0 aliphatic carbocycles. The molecule has 0 unspecified atom stereocenters. The Labute approximate surface area is 161 Å². The van der Waals surface area contributed by atoms with E-state index in [1.165, 1.54) is 38.3 Å². The molecule has 2 aliphatic rings. The minimum atomic E-state index is -3.94. The Balaban J connectivity index is 1.90. The molecule has 3 heterocycles. The molecule has 0 aromatic carbocycles. The van der Waals surface area contributed by atoms with Gasteiger partial charge in [0.2, 0.25) is 0 Å². The Bertz CT molecular complexity index is 983. The molecule has 11 heteroatoms. The third kappa shape index (κ3) is 2.78. The second-order valence-corrected chi connectivity index (χ2v) is 9.66. The fraction of sp³-hybridized carbons (Fsp3) is 0.412. The van der Waals surface area contributed by atoms with Crippen molar-refractivity contribution in [1.29, 1.82) is 0 Å². The molecule has 0 radical (unpaired) electrons. The molecule has 10 nitrogen and oxygen atoms in total. The molecule has 2 atom stereocenters. The molecule has 150 valence electrons. The van der Waals surface area contributed by atoms with Crippen LogP contribution in [0.1, 0.15) is 29.9 Å². The molecule has 2 saturated heterocycles. The normalized spacial score (nSPS) is 25.9. The number of carboxylic acids is 1. The Kier molecular flexibility index (Phi) is 4.76. The van der Waals surface area contributed by atoms with Crippen molar-refractivity contribution in [3.8, 4) is 0 Å². The van der Waals surface area contributed by atoms with E-state index < -0.39 is 37.9 Å². The molecule has 0 spiro atoms. The lowest BCUT2D eigenvalue weighted by Crippen LogP contribution is -2.58. The van der Waals surface area contributed by atoms with Crippen LogP contribution in [-0.4, -0.2) is 70.4 Å². The second kappa shape index (κ2) is 6.67. The summed E-state index contributed by atoms with van der Waals surface area (Å²) in [6.45, 7) is 3.22. The zero-order chi connectivity index (χ0) is 20.9. The summed E-state index contributed by atoms with van der Waals surface area (Å²) in [5.74, 6) is -2.37. The van der Waals surface area contributed by atoms with Gasteiger partial charge in [0, 0.05) is 19.3 Å². The number of rotatable bonds is 5. The van der Waals surface area contributed by atoms with Crippen LogP contribution in [0.4, 0.5) is 0 Å². The second-order valence-electron chi connectivity index (χ2n) is 7.07. The highest BCUT2D eigenvalue weighted by molar-refractivity contribution is 7.94. The summed E-state index contributed by atoms with van der Waals surface area (Å²) in [7, 11) is -3.94. The highest BCUT2D eigenvalue weighted by Crippen LogP contribution is 2.48. The first-order valence-corrected chi connectivity index (χ1v) is 10.0. The van der Waals surface area contributed by atoms with Crippen LogP contribution in [0.2, 0.25) is 0 Å². The predicted octanol–water partition coefficient (Wildman–Crippen LogP) is -1.02. The van der Waals surface area contributed by atoms with Crippen LogP contribution < -0.4 is 11.1 Å². The molecular weight excluding hydrogens is 388 g/mol. The average Bonchev–Trinajstić information content (AvgIpc) is 2.78. The summed E-state index contributed by atoms with van der Waals surface area (Å²) >= 11 is 0. The van der Waals surface area contributed by atoms with E-state index in [0.717, 1.165) is 4.90 Å². The lowest BCUT2D eigenvalue weighted by Gasteiger charge is -2.37. The maximum atomic E-state index is 12.8. The number of nitrogens with two attached hydrogens (primary N) is 1. The largest absolute Gasteiger partial charge is 0.480 e. The zero-order valence-electron chi connectivity index (χ0n) is 15.2. The summed E-state index contributed by atoms with van der Waals surface area (Å²) in [5.41, 5.74) is 5.86. The predicted molar refractivity (Wildman–Crippen MR) is 98.7 cm³/mol. The summed E-state index contributed by atoms with van der Waals surface area (Å²) in [5, 5.41) is 10.7. The number of nitrogens with zero attached hydrogens (tertiary/aromatic N) is 2. The van der Waals surface area contributed by atoms with Crippen molar-refractivity contribution in [3.05, 3.63) is 35.2 Å². The molecule has 4 N–H and O–H groups in total. The van der Waals surface area contributed by atoms with Crippen molar-refractivity contribution >= 4 is 33.7 Å². The molecule has 1 aromatic rings. The number of hydrogen-bond acceptors (Lipinski definition) is 7. The molecule has 28 heavy (non-hydrogen) atoms. The molecular formula is C17H20N4O6S. The number of β-lactam (4-membered cyclic amide) rings is 1. The van der Waals surface area contributed by atoms with E-state index in [2.05, 4.69) is 10.3 Å². The van der Waals surface area contributed by atoms with Crippen molar-refractivity contribution in [2.45, 2.75) is 30.0 Å². The molecule has 0 bridgehead atoms. The van der Waals surface area contributed by atoms with Crippen molar-refractivity contribution in [1.82, 2.24) is 15.2 Å². The van der Waals surface area contributed by atoms with E-state index in [-0.39, 0.29) is 22.7 Å². The van der Waals surface area contributed by atoms with Crippen molar-refractivity contribution in [3.63, 3.8) is 0 Å². The van der Waals surface area contributed by atoms with Crippen LogP contribution in [0.3, 0.4) is 0 Å². The van der Waals surface area contributed by atoms with Crippen LogP contribution in [-0.2, 0) is 19.4 Å². The number of nitrogens with one attached hydrogen (secondary N) is 1. The van der Waals surface area contributed by atoms with Gasteiger partial charge in [-0.3, -0.25) is 14.6 Å². The Morgan fingerprint density at radius 2 is 2.07 bits per heavy atom. The van der Waals surface area contributed by atoms with Crippen LogP contribution in [0.5, 0.6) is 0 Å². The van der Waals surface area contributed by atoms with Gasteiger partial charge in [-0.2, -0.15) is 0 Å². The van der Waals surface area contributed by atoms with Gasteiger partial charge in [-0.15, -0.1) is 0 Å². The maximum absolute atomic E-state index is 12.8. The first-order chi connectivity index (χ1) is 13.0. The maximum Gasteiger partial charge on any atom is 0.328 e. The highest BCUT2D eigenvalue weighted by atomic mass is 32.2. The Morgan fingerprint density at radius 3 is 2.61 bits per heavy atom. The van der Waals surface area contributed by atoms with Gasteiger partial charge in [0.05, 0.1) is 16.8 Å². The number of hydrogen-bond donors (Lipinski definition) is 3. The van der Waals surface area contributed by atoms with Gasteiger partial charge in [-0.25, -0.2) is 13.2 Å². The van der Waals surface area contributed by atoms with Gasteiger partial charge in [0.1, 0.15) is 4.75 Å². The van der Waals surface area contributed by atoms with E-state index in [1.807, 2.05) is 0 Å². The van der Waals surface area contributed by atoms with Crippen LogP contribution >= 0.6 is 0 Å². The topological polar surface area (TPSA) is 160 Å². The molecule has 2 fully saturated rings. The fourth-order valence-electron chi connectivity index (χ4n) is 3.41. The van der Waals surface area contributed by atoms with E-state index >= 15 is 0 Å². The SMILES string of the molecule is CC1(C)[C@H](C(=O)O)N2C(=O)/C(=C/c3ccc(C(=O)NCCN)cn3)[C@H]2S1(=O)=O.